The van der Waals surface area contributed by atoms with Crippen LogP contribution in [0.1, 0.15) is 18.1 Å². The summed E-state index contributed by atoms with van der Waals surface area (Å²) in [5.41, 5.74) is 8.90. The Balaban J connectivity index is 1.73. The van der Waals surface area contributed by atoms with E-state index in [1.54, 1.807) is 0 Å². The van der Waals surface area contributed by atoms with Crippen LogP contribution < -0.4 is 11.1 Å². The zero-order valence-electron chi connectivity index (χ0n) is 11.8. The third kappa shape index (κ3) is 4.67. The highest BCUT2D eigenvalue weighted by Gasteiger charge is 2.03. The van der Waals surface area contributed by atoms with Crippen molar-refractivity contribution in [2.24, 2.45) is 0 Å². The summed E-state index contributed by atoms with van der Waals surface area (Å²) < 4.78 is 12.8. The zero-order valence-corrected chi connectivity index (χ0v) is 11.8. The van der Waals surface area contributed by atoms with Gasteiger partial charge in [0.2, 0.25) is 0 Å². The van der Waals surface area contributed by atoms with Gasteiger partial charge in [0.1, 0.15) is 5.82 Å². The first-order valence-electron chi connectivity index (χ1n) is 6.96. The summed E-state index contributed by atoms with van der Waals surface area (Å²) in [5, 5.41) is 3.48. The van der Waals surface area contributed by atoms with E-state index in [0.717, 1.165) is 30.6 Å². The van der Waals surface area contributed by atoms with Gasteiger partial charge in [-0.3, -0.25) is 0 Å². The molecule has 0 aromatic heterocycles. The topological polar surface area (TPSA) is 38.0 Å². The van der Waals surface area contributed by atoms with Crippen LogP contribution in [-0.4, -0.2) is 12.6 Å². The molecule has 0 amide bonds. The summed E-state index contributed by atoms with van der Waals surface area (Å²) in [5.74, 6) is -0.182. The maximum absolute atomic E-state index is 12.8. The fraction of sp³-hybridized carbons (Fsp3) is 0.294. The molecule has 20 heavy (non-hydrogen) atoms. The van der Waals surface area contributed by atoms with Gasteiger partial charge in [0, 0.05) is 11.7 Å². The molecular formula is C17H21FN2. The maximum Gasteiger partial charge on any atom is 0.123 e. The van der Waals surface area contributed by atoms with Crippen molar-refractivity contribution >= 4 is 5.69 Å². The molecule has 0 fully saturated rings. The van der Waals surface area contributed by atoms with Gasteiger partial charge in [0.05, 0.1) is 0 Å². The normalized spacial score (nSPS) is 12.3. The summed E-state index contributed by atoms with van der Waals surface area (Å²) in [6.45, 7) is 3.06. The Hall–Kier alpha value is -1.87. The van der Waals surface area contributed by atoms with Crippen LogP contribution in [0.25, 0.3) is 0 Å². The Kier molecular flexibility index (Phi) is 5.13. The molecule has 0 saturated heterocycles. The van der Waals surface area contributed by atoms with Gasteiger partial charge in [-0.15, -0.1) is 0 Å². The molecule has 0 radical (unpaired) electrons. The third-order valence-corrected chi connectivity index (χ3v) is 3.34. The Bertz CT molecular complexity index is 520. The zero-order chi connectivity index (χ0) is 14.4. The Morgan fingerprint density at radius 1 is 1.00 bits per heavy atom. The van der Waals surface area contributed by atoms with Crippen LogP contribution in [0, 0.1) is 5.82 Å². The van der Waals surface area contributed by atoms with Crippen molar-refractivity contribution in [3.63, 3.8) is 0 Å². The second-order valence-corrected chi connectivity index (χ2v) is 5.18. The molecule has 3 N–H and O–H groups in total. The van der Waals surface area contributed by atoms with Gasteiger partial charge in [-0.05, 0) is 61.7 Å². The minimum Gasteiger partial charge on any atom is -0.399 e. The lowest BCUT2D eigenvalue weighted by molar-refractivity contribution is 0.548. The number of benzene rings is 2. The average Bonchev–Trinajstić information content (AvgIpc) is 2.44. The second-order valence-electron chi connectivity index (χ2n) is 5.18. The van der Waals surface area contributed by atoms with E-state index in [4.69, 9.17) is 5.73 Å². The van der Waals surface area contributed by atoms with Crippen LogP contribution in [0.4, 0.5) is 10.1 Å². The lowest BCUT2D eigenvalue weighted by Crippen LogP contribution is -2.29. The predicted octanol–water partition coefficient (Wildman–Crippen LogP) is 3.17. The minimum atomic E-state index is -0.182. The average molecular weight is 272 g/mol. The molecule has 0 aliphatic rings. The predicted molar refractivity (Wildman–Crippen MR) is 82.1 cm³/mol. The molecule has 2 rings (SSSR count). The molecule has 1 unspecified atom stereocenters. The first-order valence-corrected chi connectivity index (χ1v) is 6.96. The van der Waals surface area contributed by atoms with Crippen molar-refractivity contribution in [3.8, 4) is 0 Å². The molecule has 0 saturated carbocycles. The van der Waals surface area contributed by atoms with Gasteiger partial charge in [0.25, 0.3) is 0 Å². The van der Waals surface area contributed by atoms with Gasteiger partial charge in [0.15, 0.2) is 0 Å². The standard InChI is InChI=1S/C17H21FN2/c1-13(12-15-4-8-17(19)9-5-15)20-11-10-14-2-6-16(18)7-3-14/h2-9,13,20H,10-12,19H2,1H3. The van der Waals surface area contributed by atoms with E-state index in [-0.39, 0.29) is 5.82 Å². The summed E-state index contributed by atoms with van der Waals surface area (Å²) in [7, 11) is 0. The largest absolute Gasteiger partial charge is 0.399 e. The molecule has 2 aromatic carbocycles. The van der Waals surface area contributed by atoms with Crippen LogP contribution >= 0.6 is 0 Å². The fourth-order valence-corrected chi connectivity index (χ4v) is 2.19. The molecule has 0 heterocycles. The number of halogens is 1. The van der Waals surface area contributed by atoms with Crippen molar-refractivity contribution in [3.05, 3.63) is 65.5 Å². The molecular weight excluding hydrogens is 251 g/mol. The number of nitrogens with two attached hydrogens (primary N) is 1. The highest BCUT2D eigenvalue weighted by Crippen LogP contribution is 2.08. The van der Waals surface area contributed by atoms with Gasteiger partial charge in [-0.2, -0.15) is 0 Å². The van der Waals surface area contributed by atoms with Gasteiger partial charge in [-0.25, -0.2) is 4.39 Å². The number of rotatable bonds is 6. The smallest absolute Gasteiger partial charge is 0.123 e. The van der Waals surface area contributed by atoms with E-state index in [1.807, 2.05) is 24.3 Å². The molecule has 0 bridgehead atoms. The number of hydrogen-bond donors (Lipinski definition) is 2. The molecule has 106 valence electrons. The fourth-order valence-electron chi connectivity index (χ4n) is 2.19. The van der Waals surface area contributed by atoms with Crippen LogP contribution in [0.15, 0.2) is 48.5 Å². The monoisotopic (exact) mass is 272 g/mol. The Morgan fingerprint density at radius 2 is 1.60 bits per heavy atom. The van der Waals surface area contributed by atoms with Gasteiger partial charge < -0.3 is 11.1 Å². The number of nitrogen functional groups attached to an aromatic ring is 1. The van der Waals surface area contributed by atoms with Crippen molar-refractivity contribution in [2.45, 2.75) is 25.8 Å². The number of anilines is 1. The second kappa shape index (κ2) is 7.06. The Morgan fingerprint density at radius 3 is 2.25 bits per heavy atom. The van der Waals surface area contributed by atoms with Crippen LogP contribution in [0.5, 0.6) is 0 Å². The Labute approximate surface area is 119 Å². The van der Waals surface area contributed by atoms with Crippen LogP contribution in [-0.2, 0) is 12.8 Å². The quantitative estimate of drug-likeness (QED) is 0.793. The lowest BCUT2D eigenvalue weighted by Gasteiger charge is -2.14. The van der Waals surface area contributed by atoms with E-state index in [0.29, 0.717) is 6.04 Å². The summed E-state index contributed by atoms with van der Waals surface area (Å²) in [6.07, 6.45) is 1.88. The first kappa shape index (κ1) is 14.5. The summed E-state index contributed by atoms with van der Waals surface area (Å²) >= 11 is 0. The maximum atomic E-state index is 12.8. The lowest BCUT2D eigenvalue weighted by atomic mass is 10.1. The van der Waals surface area contributed by atoms with Crippen LogP contribution in [0.3, 0.4) is 0 Å². The van der Waals surface area contributed by atoms with Crippen molar-refractivity contribution in [1.82, 2.24) is 5.32 Å². The first-order chi connectivity index (χ1) is 9.63. The van der Waals surface area contributed by atoms with E-state index >= 15 is 0 Å². The highest BCUT2D eigenvalue weighted by atomic mass is 19.1. The molecule has 1 atom stereocenters. The molecule has 2 aromatic rings. The number of nitrogens with one attached hydrogen (secondary N) is 1. The van der Waals surface area contributed by atoms with Crippen molar-refractivity contribution < 1.29 is 4.39 Å². The van der Waals surface area contributed by atoms with Gasteiger partial charge >= 0.3 is 0 Å². The van der Waals surface area contributed by atoms with Crippen LogP contribution in [0.2, 0.25) is 0 Å². The third-order valence-electron chi connectivity index (χ3n) is 3.34. The minimum absolute atomic E-state index is 0.182. The number of hydrogen-bond acceptors (Lipinski definition) is 2. The van der Waals surface area contributed by atoms with Crippen molar-refractivity contribution in [2.75, 3.05) is 12.3 Å². The molecule has 3 heteroatoms. The van der Waals surface area contributed by atoms with Gasteiger partial charge in [-0.1, -0.05) is 24.3 Å². The van der Waals surface area contributed by atoms with E-state index < -0.39 is 0 Å². The highest BCUT2D eigenvalue weighted by molar-refractivity contribution is 5.39. The summed E-state index contributed by atoms with van der Waals surface area (Å²) in [6, 6.07) is 15.1. The SMILES string of the molecule is CC(Cc1ccc(N)cc1)NCCc1ccc(F)cc1. The van der Waals surface area contributed by atoms with E-state index in [1.165, 1.54) is 17.7 Å². The molecule has 0 aliphatic carbocycles. The molecule has 0 aliphatic heterocycles. The van der Waals surface area contributed by atoms with E-state index in [2.05, 4.69) is 24.4 Å². The molecule has 2 nitrogen and oxygen atoms in total. The molecule has 0 spiro atoms. The van der Waals surface area contributed by atoms with E-state index in [9.17, 15) is 4.39 Å². The summed E-state index contributed by atoms with van der Waals surface area (Å²) in [4.78, 5) is 0. The van der Waals surface area contributed by atoms with Crippen molar-refractivity contribution in [1.29, 1.82) is 0 Å².